The van der Waals surface area contributed by atoms with Gasteiger partial charge in [-0.15, -0.1) is 0 Å². The van der Waals surface area contributed by atoms with Crippen molar-refractivity contribution in [2.24, 2.45) is 0 Å². The van der Waals surface area contributed by atoms with E-state index in [1.807, 2.05) is 60.7 Å². The molecule has 2 aromatic carbocycles. The molecule has 0 saturated carbocycles. The monoisotopic (exact) mass is 526 g/mol. The predicted molar refractivity (Wildman–Crippen MR) is 147 cm³/mol. The van der Waals surface area contributed by atoms with Crippen LogP contribution >= 0.6 is 0 Å². The SMILES string of the molecule is C.O=C(NC1CCCCNC1)OCc1ccccc1.O=C(NC1CCCCNC1=O)OCc1ccccc1. The highest BCUT2D eigenvalue weighted by atomic mass is 16.6. The highest BCUT2D eigenvalue weighted by molar-refractivity contribution is 5.85. The van der Waals surface area contributed by atoms with Gasteiger partial charge < -0.3 is 30.7 Å². The van der Waals surface area contributed by atoms with Crippen LogP contribution < -0.4 is 21.3 Å². The van der Waals surface area contributed by atoms with Crippen LogP contribution in [0.1, 0.15) is 57.1 Å². The smallest absolute Gasteiger partial charge is 0.408 e. The molecule has 2 aliphatic heterocycles. The Morgan fingerprint density at radius 1 is 0.763 bits per heavy atom. The molecule has 2 fully saturated rings. The summed E-state index contributed by atoms with van der Waals surface area (Å²) in [5.41, 5.74) is 1.93. The molecule has 9 nitrogen and oxygen atoms in total. The first-order valence-corrected chi connectivity index (χ1v) is 13.0. The van der Waals surface area contributed by atoms with Crippen LogP contribution in [0, 0.1) is 0 Å². The number of amides is 3. The number of carbonyl (C=O) groups is 3. The van der Waals surface area contributed by atoms with Crippen LogP contribution in [0.25, 0.3) is 0 Å². The number of nitrogens with one attached hydrogen (secondary N) is 4. The van der Waals surface area contributed by atoms with E-state index < -0.39 is 12.1 Å². The zero-order valence-electron chi connectivity index (χ0n) is 21.2. The fourth-order valence-electron chi connectivity index (χ4n) is 4.06. The van der Waals surface area contributed by atoms with E-state index in [1.54, 1.807) is 0 Å². The van der Waals surface area contributed by atoms with E-state index >= 15 is 0 Å². The fraction of sp³-hybridized carbons (Fsp3) is 0.483. The number of carbonyl (C=O) groups excluding carboxylic acids is 3. The lowest BCUT2D eigenvalue weighted by Crippen LogP contribution is -2.45. The van der Waals surface area contributed by atoms with Crippen molar-refractivity contribution in [3.8, 4) is 0 Å². The first kappa shape index (κ1) is 30.6. The van der Waals surface area contributed by atoms with Gasteiger partial charge in [0.25, 0.3) is 0 Å². The first-order chi connectivity index (χ1) is 18.1. The summed E-state index contributed by atoms with van der Waals surface area (Å²) in [5, 5.41) is 11.6. The van der Waals surface area contributed by atoms with Crippen molar-refractivity contribution < 1.29 is 23.9 Å². The Morgan fingerprint density at radius 3 is 1.95 bits per heavy atom. The van der Waals surface area contributed by atoms with Gasteiger partial charge in [0.2, 0.25) is 5.91 Å². The van der Waals surface area contributed by atoms with Gasteiger partial charge in [-0.05, 0) is 49.8 Å². The molecule has 208 valence electrons. The van der Waals surface area contributed by atoms with Crippen molar-refractivity contribution in [1.29, 1.82) is 0 Å². The standard InChI is InChI=1S/C14H18N2O3.C14H20N2O2.CH4/c17-13-12(8-4-5-9-15-13)16-14(18)19-10-11-6-2-1-3-7-11;17-14(16-13-8-4-5-9-15-10-13)18-11-12-6-2-1-3-7-12;/h1-3,6-7,12H,4-5,8-10H2,(H,15,17)(H,16,18);1-3,6-7,13,15H,4-5,8-11H2,(H,16,17);1H4. The maximum atomic E-state index is 11.6. The Balaban J connectivity index is 0.000000260. The molecule has 4 N–H and O–H groups in total. The highest BCUT2D eigenvalue weighted by Crippen LogP contribution is 2.07. The molecule has 4 rings (SSSR count). The molecular weight excluding hydrogens is 484 g/mol. The van der Waals surface area contributed by atoms with Crippen LogP contribution in [0.3, 0.4) is 0 Å². The van der Waals surface area contributed by atoms with Gasteiger partial charge in [-0.3, -0.25) is 4.79 Å². The van der Waals surface area contributed by atoms with Crippen LogP contribution in [-0.4, -0.2) is 49.8 Å². The molecule has 2 aliphatic rings. The van der Waals surface area contributed by atoms with E-state index in [0.29, 0.717) is 19.6 Å². The van der Waals surface area contributed by atoms with Gasteiger partial charge in [-0.25, -0.2) is 9.59 Å². The lowest BCUT2D eigenvalue weighted by atomic mass is 10.1. The highest BCUT2D eigenvalue weighted by Gasteiger charge is 2.22. The van der Waals surface area contributed by atoms with Crippen LogP contribution in [0.5, 0.6) is 0 Å². The molecule has 38 heavy (non-hydrogen) atoms. The van der Waals surface area contributed by atoms with Crippen molar-refractivity contribution in [3.05, 3.63) is 71.8 Å². The molecule has 2 unspecified atom stereocenters. The lowest BCUT2D eigenvalue weighted by Gasteiger charge is -2.16. The Labute approximate surface area is 226 Å². The van der Waals surface area contributed by atoms with Crippen LogP contribution in [-0.2, 0) is 27.5 Å². The van der Waals surface area contributed by atoms with Crippen molar-refractivity contribution >= 4 is 18.1 Å². The third kappa shape index (κ3) is 12.1. The summed E-state index contributed by atoms with van der Waals surface area (Å²) in [4.78, 5) is 34.9. The van der Waals surface area contributed by atoms with E-state index in [1.165, 1.54) is 6.42 Å². The summed E-state index contributed by atoms with van der Waals surface area (Å²) in [5.74, 6) is -0.130. The zero-order valence-corrected chi connectivity index (χ0v) is 21.2. The Morgan fingerprint density at radius 2 is 1.32 bits per heavy atom. The van der Waals surface area contributed by atoms with Gasteiger partial charge in [0.15, 0.2) is 0 Å². The molecule has 2 saturated heterocycles. The van der Waals surface area contributed by atoms with Gasteiger partial charge in [-0.1, -0.05) is 74.5 Å². The van der Waals surface area contributed by atoms with Gasteiger partial charge >= 0.3 is 12.2 Å². The third-order valence-corrected chi connectivity index (χ3v) is 6.12. The molecule has 3 amide bonds. The van der Waals surface area contributed by atoms with Gasteiger partial charge in [0.05, 0.1) is 0 Å². The number of hydrogen-bond acceptors (Lipinski definition) is 6. The molecule has 2 heterocycles. The van der Waals surface area contributed by atoms with Crippen molar-refractivity contribution in [2.75, 3.05) is 19.6 Å². The Hall–Kier alpha value is -3.59. The minimum Gasteiger partial charge on any atom is -0.445 e. The summed E-state index contributed by atoms with van der Waals surface area (Å²) in [6.45, 7) is 3.08. The maximum Gasteiger partial charge on any atom is 0.408 e. The van der Waals surface area contributed by atoms with Crippen LogP contribution in [0.15, 0.2) is 60.7 Å². The fourth-order valence-corrected chi connectivity index (χ4v) is 4.06. The molecular formula is C29H42N4O5. The minimum absolute atomic E-state index is 0. The van der Waals surface area contributed by atoms with Crippen LogP contribution in [0.4, 0.5) is 9.59 Å². The summed E-state index contributed by atoms with van der Waals surface area (Å²) in [7, 11) is 0. The first-order valence-electron chi connectivity index (χ1n) is 13.0. The van der Waals surface area contributed by atoms with E-state index in [0.717, 1.165) is 49.9 Å². The Kier molecular flexibility index (Phi) is 14.3. The maximum absolute atomic E-state index is 11.6. The molecule has 9 heteroatoms. The van der Waals surface area contributed by atoms with E-state index in [9.17, 15) is 14.4 Å². The largest absolute Gasteiger partial charge is 0.445 e. The zero-order chi connectivity index (χ0) is 26.1. The van der Waals surface area contributed by atoms with E-state index in [-0.39, 0.29) is 32.1 Å². The summed E-state index contributed by atoms with van der Waals surface area (Å²) < 4.78 is 10.3. The normalized spacial score (nSPS) is 19.0. The van der Waals surface area contributed by atoms with Crippen molar-refractivity contribution in [3.63, 3.8) is 0 Å². The lowest BCUT2D eigenvalue weighted by molar-refractivity contribution is -0.122. The summed E-state index contributed by atoms with van der Waals surface area (Å²) in [6.07, 6.45) is 5.00. The second kappa shape index (κ2) is 17.8. The number of hydrogen-bond donors (Lipinski definition) is 4. The van der Waals surface area contributed by atoms with Crippen LogP contribution in [0.2, 0.25) is 0 Å². The minimum atomic E-state index is -0.550. The third-order valence-electron chi connectivity index (χ3n) is 6.12. The molecule has 0 aliphatic carbocycles. The van der Waals surface area contributed by atoms with Gasteiger partial charge in [-0.2, -0.15) is 0 Å². The number of rotatable bonds is 6. The molecule has 0 bridgehead atoms. The summed E-state index contributed by atoms with van der Waals surface area (Å²) >= 11 is 0. The molecule has 0 radical (unpaired) electrons. The van der Waals surface area contributed by atoms with E-state index in [2.05, 4.69) is 21.3 Å². The van der Waals surface area contributed by atoms with Gasteiger partial charge in [0.1, 0.15) is 19.3 Å². The number of alkyl carbamates (subject to hydrolysis) is 2. The average Bonchev–Trinajstić information content (AvgIpc) is 3.30. The average molecular weight is 527 g/mol. The van der Waals surface area contributed by atoms with E-state index in [4.69, 9.17) is 9.47 Å². The Bertz CT molecular complexity index is 950. The number of ether oxygens (including phenoxy) is 2. The topological polar surface area (TPSA) is 118 Å². The summed E-state index contributed by atoms with van der Waals surface area (Å²) in [6, 6.07) is 18.8. The predicted octanol–water partition coefficient (Wildman–Crippen LogP) is 4.27. The molecule has 0 aromatic heterocycles. The molecule has 2 aromatic rings. The van der Waals surface area contributed by atoms with Crippen molar-refractivity contribution in [2.45, 2.75) is 71.2 Å². The molecule has 0 spiro atoms. The molecule has 2 atom stereocenters. The van der Waals surface area contributed by atoms with Gasteiger partial charge in [0, 0.05) is 19.1 Å². The second-order valence-electron chi connectivity index (χ2n) is 9.15. The number of benzene rings is 2. The second-order valence-corrected chi connectivity index (χ2v) is 9.15. The quantitative estimate of drug-likeness (QED) is 0.447. The van der Waals surface area contributed by atoms with Crippen molar-refractivity contribution in [1.82, 2.24) is 21.3 Å².